The molecule has 0 saturated carbocycles. The summed E-state index contributed by atoms with van der Waals surface area (Å²) >= 11 is 0. The Morgan fingerprint density at radius 2 is 2.25 bits per heavy atom. The summed E-state index contributed by atoms with van der Waals surface area (Å²) in [6, 6.07) is 0. The summed E-state index contributed by atoms with van der Waals surface area (Å²) in [6.07, 6.45) is 0. The molecule has 0 unspecified atom stereocenters. The molecule has 0 amide bonds. The smallest absolute Gasteiger partial charge is 0.693 e. The molecule has 0 atom stereocenters. The van der Waals surface area contributed by atoms with E-state index in [0.717, 1.165) is 0 Å². The van der Waals surface area contributed by atoms with Gasteiger partial charge in [0.2, 0.25) is 0 Å². The van der Waals surface area contributed by atoms with Crippen molar-refractivity contribution in [1.29, 1.82) is 0 Å². The van der Waals surface area contributed by atoms with Crippen LogP contribution in [-0.4, -0.2) is 13.2 Å². The quantitative estimate of drug-likeness (QED) is 0.216. The van der Waals surface area contributed by atoms with Crippen molar-refractivity contribution in [3.8, 4) is 0 Å². The maximum atomic E-state index is 9.86. The molecule has 0 aromatic heterocycles. The van der Waals surface area contributed by atoms with Gasteiger partial charge in [0.1, 0.15) is 5.68 Å². The molecule has 0 aromatic carbocycles. The first kappa shape index (κ1) is 11.4. The monoisotopic (exact) mass is 126 g/mol. The minimum Gasteiger partial charge on any atom is -0.693 e. The minimum absolute atomic E-state index is 0. The fourth-order valence-electron chi connectivity index (χ4n) is 0.107. The Bertz CT molecular complexity index is 67.1. The Morgan fingerprint density at radius 1 is 1.75 bits per heavy atom. The van der Waals surface area contributed by atoms with Crippen molar-refractivity contribution in [2.24, 2.45) is 0 Å². The molecule has 6 heteroatoms. The summed E-state index contributed by atoms with van der Waals surface area (Å²) < 4.78 is 0. The van der Waals surface area contributed by atoms with Gasteiger partial charge in [-0.15, -0.1) is 0 Å². The van der Waals surface area contributed by atoms with Crippen molar-refractivity contribution in [3.05, 3.63) is 0 Å². The molecule has 0 spiro atoms. The number of rotatable bonds is 3. The van der Waals surface area contributed by atoms with Gasteiger partial charge in [-0.1, -0.05) is 0 Å². The van der Waals surface area contributed by atoms with Gasteiger partial charge in [-0.25, -0.2) is 0 Å². The van der Waals surface area contributed by atoms with Crippen LogP contribution < -0.4 is 34.8 Å². The molecule has 0 bridgehead atoms. The molecular weight excluding hydrogens is 122 g/mol. The van der Waals surface area contributed by atoms with Crippen molar-refractivity contribution >= 4 is 13.2 Å². The fraction of sp³-hybridized carbons (Fsp3) is 0.500. The van der Waals surface area contributed by atoms with Crippen molar-refractivity contribution in [2.75, 3.05) is 0 Å². The molecule has 0 aliphatic carbocycles. The van der Waals surface area contributed by atoms with Crippen LogP contribution in [0.15, 0.2) is 0 Å². The molecule has 0 saturated heterocycles. The van der Waals surface area contributed by atoms with Crippen molar-refractivity contribution in [1.82, 2.24) is 0 Å². The van der Waals surface area contributed by atoms with Gasteiger partial charge in [-0.05, 0) is 6.92 Å². The normalized spacial score (nSPS) is 7.25. The molecule has 0 radical (unpaired) electrons. The number of carbonyl (C=O) groups is 1. The summed E-state index contributed by atoms with van der Waals surface area (Å²) in [5, 5.41) is 11.8. The summed E-state index contributed by atoms with van der Waals surface area (Å²) in [6.45, 7) is 1.29. The Morgan fingerprint density at radius 3 is 2.38 bits per heavy atom. The second-order valence-electron chi connectivity index (χ2n) is 1.03. The van der Waals surface area contributed by atoms with E-state index in [1.54, 1.807) is 0 Å². The van der Waals surface area contributed by atoms with Crippen LogP contribution in [0, 0.1) is 0 Å². The molecular formula is C2H4BNaO4. The molecule has 0 aromatic rings. The predicted molar refractivity (Wildman–Crippen MR) is 20.0 cm³/mol. The largest absolute Gasteiger partial charge is 1.00 e. The Hall–Kier alpha value is 0.615. The minimum atomic E-state index is -0.274. The van der Waals surface area contributed by atoms with Gasteiger partial charge in [0.05, 0.1) is 0 Å². The second-order valence-corrected chi connectivity index (χ2v) is 1.03. The molecule has 0 aliphatic rings. The van der Waals surface area contributed by atoms with E-state index < -0.39 is 0 Å². The summed E-state index contributed by atoms with van der Waals surface area (Å²) in [4.78, 5) is 13.5. The molecule has 8 heavy (non-hydrogen) atoms. The predicted octanol–water partition coefficient (Wildman–Crippen LogP) is -4.89. The van der Waals surface area contributed by atoms with Crippen molar-refractivity contribution in [3.63, 3.8) is 0 Å². The van der Waals surface area contributed by atoms with Crippen LogP contribution in [0.1, 0.15) is 6.92 Å². The molecule has 0 N–H and O–H groups in total. The van der Waals surface area contributed by atoms with Crippen LogP contribution in [0.4, 0.5) is 0 Å². The number of carbonyl (C=O) groups excluding carboxylic acids is 1. The van der Waals surface area contributed by atoms with Gasteiger partial charge in [-0.2, -0.15) is 0 Å². The summed E-state index contributed by atoms with van der Waals surface area (Å²) in [5.74, 6) is 0. The average molecular weight is 126 g/mol. The van der Waals surface area contributed by atoms with Gasteiger partial charge >= 0.3 is 37.0 Å². The fourth-order valence-corrected chi connectivity index (χ4v) is 0.107. The standard InChI is InChI=1S/C2H5BO4.Na/c1-2(4)3-6-7-5;/h3,5H,1H3;/q;+1/p-1. The van der Waals surface area contributed by atoms with Crippen LogP contribution in [0.3, 0.4) is 0 Å². The zero-order chi connectivity index (χ0) is 5.70. The molecule has 0 rings (SSSR count). The SMILES string of the molecule is CC(=O)BOO[O-].[Na+]. The van der Waals surface area contributed by atoms with E-state index in [-0.39, 0.29) is 42.7 Å². The zero-order valence-corrected chi connectivity index (χ0v) is 6.84. The van der Waals surface area contributed by atoms with E-state index in [0.29, 0.717) is 0 Å². The van der Waals surface area contributed by atoms with E-state index in [9.17, 15) is 4.79 Å². The topological polar surface area (TPSA) is 58.6 Å². The van der Waals surface area contributed by atoms with Crippen molar-refractivity contribution in [2.45, 2.75) is 6.92 Å². The van der Waals surface area contributed by atoms with E-state index in [1.165, 1.54) is 6.92 Å². The maximum Gasteiger partial charge on any atom is 1.00 e. The van der Waals surface area contributed by atoms with E-state index in [2.05, 4.69) is 9.84 Å². The third kappa shape index (κ3) is 9.79. The van der Waals surface area contributed by atoms with Gasteiger partial charge in [0, 0.05) is 0 Å². The van der Waals surface area contributed by atoms with E-state index in [1.807, 2.05) is 0 Å². The van der Waals surface area contributed by atoms with Crippen LogP contribution >= 0.6 is 0 Å². The first-order chi connectivity index (χ1) is 3.27. The molecule has 0 aliphatic heterocycles. The zero-order valence-electron chi connectivity index (χ0n) is 4.84. The van der Waals surface area contributed by atoms with Crippen LogP contribution in [0.25, 0.3) is 0 Å². The molecule has 0 heterocycles. The van der Waals surface area contributed by atoms with Gasteiger partial charge in [0.25, 0.3) is 0 Å². The maximum absolute atomic E-state index is 9.86. The number of hydrogen-bond donors (Lipinski definition) is 0. The van der Waals surface area contributed by atoms with E-state index in [4.69, 9.17) is 5.26 Å². The average Bonchev–Trinajstić information content (AvgIpc) is 1.61. The summed E-state index contributed by atoms with van der Waals surface area (Å²) in [5.41, 5.74) is -0.240. The second kappa shape index (κ2) is 7.61. The van der Waals surface area contributed by atoms with Gasteiger partial charge in [0.15, 0.2) is 0 Å². The van der Waals surface area contributed by atoms with E-state index >= 15 is 0 Å². The Kier molecular flexibility index (Phi) is 10.9. The first-order valence-electron chi connectivity index (χ1n) is 1.68. The third-order valence-corrected chi connectivity index (χ3v) is 0.310. The van der Waals surface area contributed by atoms with Gasteiger partial charge in [-0.3, -0.25) is 0 Å². The molecule has 0 fully saturated rings. The first-order valence-corrected chi connectivity index (χ1v) is 1.68. The van der Waals surface area contributed by atoms with Crippen LogP contribution in [0.5, 0.6) is 0 Å². The molecule has 40 valence electrons. The molecule has 4 nitrogen and oxygen atoms in total. The van der Waals surface area contributed by atoms with Crippen molar-refractivity contribution < 1.29 is 49.5 Å². The van der Waals surface area contributed by atoms with Crippen LogP contribution in [-0.2, 0) is 14.6 Å². The summed E-state index contributed by atoms with van der Waals surface area (Å²) in [7, 11) is -0.274. The van der Waals surface area contributed by atoms with Gasteiger partial charge < -0.3 is 19.9 Å². The number of hydrogen-bond acceptors (Lipinski definition) is 4. The Balaban J connectivity index is 0. The Labute approximate surface area is 69.6 Å². The van der Waals surface area contributed by atoms with Crippen LogP contribution in [0.2, 0.25) is 0 Å². The third-order valence-electron chi connectivity index (χ3n) is 0.310.